The molecule has 0 radical (unpaired) electrons. The summed E-state index contributed by atoms with van der Waals surface area (Å²) in [6, 6.07) is 51.8. The minimum absolute atomic E-state index is 1.10. The van der Waals surface area contributed by atoms with Crippen LogP contribution in [0.4, 0.5) is 0 Å². The highest BCUT2D eigenvalue weighted by Gasteiger charge is 2.19. The minimum atomic E-state index is 1.10. The Labute approximate surface area is 259 Å². The Morgan fingerprint density at radius 2 is 0.841 bits per heavy atom. The quantitative estimate of drug-likeness (QED) is 0.170. The second-order valence-electron chi connectivity index (χ2n) is 11.0. The fourth-order valence-corrected chi connectivity index (χ4v) is 6.32. The summed E-state index contributed by atoms with van der Waals surface area (Å²) in [5.74, 6) is 0. The average molecular weight is 561 g/mol. The summed E-state index contributed by atoms with van der Waals surface area (Å²) in [4.78, 5) is 0. The highest BCUT2D eigenvalue weighted by atomic mass is 14.2. The fraction of sp³-hybridized carbons (Fsp3) is 0. The van der Waals surface area contributed by atoms with Gasteiger partial charge in [0.2, 0.25) is 0 Å². The zero-order chi connectivity index (χ0) is 29.9. The van der Waals surface area contributed by atoms with Crippen LogP contribution >= 0.6 is 0 Å². The Morgan fingerprint density at radius 1 is 0.364 bits per heavy atom. The Bertz CT molecular complexity index is 2150. The Morgan fingerprint density at radius 3 is 1.48 bits per heavy atom. The van der Waals surface area contributed by atoms with Crippen LogP contribution < -0.4 is 0 Å². The molecule has 0 N–H and O–H groups in total. The molecule has 0 saturated heterocycles. The van der Waals surface area contributed by atoms with E-state index in [0.717, 1.165) is 22.3 Å². The second kappa shape index (κ2) is 11.9. The van der Waals surface area contributed by atoms with Crippen molar-refractivity contribution >= 4 is 45.8 Å². The Hall–Kier alpha value is -5.72. The van der Waals surface area contributed by atoms with Crippen LogP contribution in [0, 0.1) is 0 Å². The van der Waals surface area contributed by atoms with Gasteiger partial charge in [0.15, 0.2) is 0 Å². The minimum Gasteiger partial charge on any atom is -0.0984 e. The Balaban J connectivity index is 1.29. The van der Waals surface area contributed by atoms with Gasteiger partial charge in [-0.3, -0.25) is 0 Å². The van der Waals surface area contributed by atoms with Crippen molar-refractivity contribution in [1.29, 1.82) is 0 Å². The summed E-state index contributed by atoms with van der Waals surface area (Å²) in [6.07, 6.45) is 8.32. The SMILES string of the molecule is C=Cc1c(C=C)c(-c2cccc3ccccc23)c2ccccc2c1-c1ccc(C=Cc2ccc(-c3ccccc3)cc2)cc1. The van der Waals surface area contributed by atoms with Crippen molar-refractivity contribution in [3.05, 3.63) is 181 Å². The monoisotopic (exact) mass is 560 g/mol. The van der Waals surface area contributed by atoms with Gasteiger partial charge in [0, 0.05) is 0 Å². The van der Waals surface area contributed by atoms with Gasteiger partial charge in [0.1, 0.15) is 0 Å². The second-order valence-corrected chi connectivity index (χ2v) is 11.0. The van der Waals surface area contributed by atoms with Crippen molar-refractivity contribution < 1.29 is 0 Å². The first-order valence-electron chi connectivity index (χ1n) is 15.0. The molecule has 0 aliphatic rings. The third kappa shape index (κ3) is 4.97. The lowest BCUT2D eigenvalue weighted by Gasteiger charge is -2.21. The molecule has 0 atom stereocenters. The van der Waals surface area contributed by atoms with Gasteiger partial charge in [-0.2, -0.15) is 0 Å². The highest BCUT2D eigenvalue weighted by Crippen LogP contribution is 2.44. The molecule has 208 valence electrons. The van der Waals surface area contributed by atoms with Gasteiger partial charge in [-0.25, -0.2) is 0 Å². The predicted molar refractivity (Wildman–Crippen MR) is 193 cm³/mol. The van der Waals surface area contributed by atoms with Crippen LogP contribution in [0.25, 0.3) is 79.2 Å². The molecule has 0 aromatic heterocycles. The van der Waals surface area contributed by atoms with Gasteiger partial charge in [0.25, 0.3) is 0 Å². The van der Waals surface area contributed by atoms with Crippen molar-refractivity contribution in [3.63, 3.8) is 0 Å². The number of hydrogen-bond donors (Lipinski definition) is 0. The number of fused-ring (bicyclic) bond motifs is 2. The Kier molecular flexibility index (Phi) is 7.32. The first-order chi connectivity index (χ1) is 21.7. The lowest BCUT2D eigenvalue weighted by Crippen LogP contribution is -1.96. The first-order valence-corrected chi connectivity index (χ1v) is 15.0. The van der Waals surface area contributed by atoms with Crippen molar-refractivity contribution in [1.82, 2.24) is 0 Å². The van der Waals surface area contributed by atoms with Crippen molar-refractivity contribution in [2.45, 2.75) is 0 Å². The summed E-state index contributed by atoms with van der Waals surface area (Å²) >= 11 is 0. The molecule has 0 amide bonds. The maximum absolute atomic E-state index is 4.28. The normalized spacial score (nSPS) is 11.3. The molecule has 0 fully saturated rings. The van der Waals surface area contributed by atoms with Crippen LogP contribution in [0.3, 0.4) is 0 Å². The van der Waals surface area contributed by atoms with E-state index in [2.05, 4.69) is 165 Å². The molecule has 44 heavy (non-hydrogen) atoms. The largest absolute Gasteiger partial charge is 0.0984 e. The number of benzene rings is 7. The van der Waals surface area contributed by atoms with Crippen LogP contribution in [0.15, 0.2) is 159 Å². The van der Waals surface area contributed by atoms with E-state index in [0.29, 0.717) is 0 Å². The van der Waals surface area contributed by atoms with Crippen LogP contribution in [0.1, 0.15) is 22.3 Å². The average Bonchev–Trinajstić information content (AvgIpc) is 3.10. The summed E-state index contributed by atoms with van der Waals surface area (Å²) in [5.41, 5.74) is 11.7. The standard InChI is InChI=1S/C44H32/c1-3-37-38(4-2)44(40-20-12-16-35-15-8-9-17-39(35)40)42-19-11-10-18-41(42)43(37)36-29-25-32(26-30-36)22-21-31-23-27-34(28-24-31)33-13-6-5-7-14-33/h3-30H,1-2H2. The number of hydrogen-bond acceptors (Lipinski definition) is 0. The summed E-state index contributed by atoms with van der Waals surface area (Å²) in [6.45, 7) is 8.56. The molecule has 0 heteroatoms. The molecule has 0 heterocycles. The van der Waals surface area contributed by atoms with Crippen molar-refractivity contribution in [3.8, 4) is 33.4 Å². The van der Waals surface area contributed by atoms with Crippen LogP contribution in [0.5, 0.6) is 0 Å². The molecular weight excluding hydrogens is 528 g/mol. The molecule has 7 aromatic carbocycles. The lowest BCUT2D eigenvalue weighted by atomic mass is 9.82. The molecule has 0 bridgehead atoms. The van der Waals surface area contributed by atoms with Gasteiger partial charge < -0.3 is 0 Å². The van der Waals surface area contributed by atoms with E-state index in [4.69, 9.17) is 0 Å². The van der Waals surface area contributed by atoms with Gasteiger partial charge >= 0.3 is 0 Å². The topological polar surface area (TPSA) is 0 Å². The molecule has 0 aliphatic heterocycles. The van der Waals surface area contributed by atoms with Gasteiger partial charge in [-0.05, 0) is 77.2 Å². The van der Waals surface area contributed by atoms with Gasteiger partial charge in [-0.1, -0.05) is 183 Å². The van der Waals surface area contributed by atoms with Crippen LogP contribution in [0.2, 0.25) is 0 Å². The van der Waals surface area contributed by atoms with E-state index >= 15 is 0 Å². The molecule has 0 nitrogen and oxygen atoms in total. The maximum Gasteiger partial charge on any atom is -0.00204 e. The summed E-state index contributed by atoms with van der Waals surface area (Å²) in [5, 5.41) is 4.88. The molecular formula is C44H32. The van der Waals surface area contributed by atoms with E-state index in [-0.39, 0.29) is 0 Å². The third-order valence-corrected chi connectivity index (χ3v) is 8.45. The first kappa shape index (κ1) is 27.1. The molecule has 7 aromatic rings. The van der Waals surface area contributed by atoms with E-state index in [9.17, 15) is 0 Å². The predicted octanol–water partition coefficient (Wildman–Crippen LogP) is 12.5. The van der Waals surface area contributed by atoms with Gasteiger partial charge in [0.05, 0.1) is 0 Å². The third-order valence-electron chi connectivity index (χ3n) is 8.45. The summed E-state index contributed by atoms with van der Waals surface area (Å²) in [7, 11) is 0. The van der Waals surface area contributed by atoms with Crippen molar-refractivity contribution in [2.24, 2.45) is 0 Å². The van der Waals surface area contributed by atoms with Crippen LogP contribution in [-0.4, -0.2) is 0 Å². The van der Waals surface area contributed by atoms with Gasteiger partial charge in [-0.15, -0.1) is 0 Å². The maximum atomic E-state index is 4.28. The molecule has 0 saturated carbocycles. The zero-order valence-corrected chi connectivity index (χ0v) is 24.6. The van der Waals surface area contributed by atoms with E-state index in [1.165, 1.54) is 54.9 Å². The number of rotatable bonds is 7. The van der Waals surface area contributed by atoms with Crippen LogP contribution in [-0.2, 0) is 0 Å². The van der Waals surface area contributed by atoms with E-state index < -0.39 is 0 Å². The lowest BCUT2D eigenvalue weighted by molar-refractivity contribution is 1.58. The molecule has 7 rings (SSSR count). The van der Waals surface area contributed by atoms with Crippen molar-refractivity contribution in [2.75, 3.05) is 0 Å². The summed E-state index contributed by atoms with van der Waals surface area (Å²) < 4.78 is 0. The van der Waals surface area contributed by atoms with E-state index in [1.54, 1.807) is 0 Å². The molecule has 0 unspecified atom stereocenters. The fourth-order valence-electron chi connectivity index (χ4n) is 6.32. The van der Waals surface area contributed by atoms with E-state index in [1.807, 2.05) is 18.2 Å². The highest BCUT2D eigenvalue weighted by molar-refractivity contribution is 6.15. The smallest absolute Gasteiger partial charge is 0.00204 e. The molecule has 0 spiro atoms. The molecule has 0 aliphatic carbocycles. The zero-order valence-electron chi connectivity index (χ0n) is 24.6.